The molecule has 0 aliphatic carbocycles. The molecule has 0 bridgehead atoms. The van der Waals surface area contributed by atoms with Gasteiger partial charge in [0.15, 0.2) is 0 Å². The molecule has 0 aromatic carbocycles. The molecule has 1 N–H and O–H groups in total. The maximum absolute atomic E-state index is 12.4. The van der Waals surface area contributed by atoms with Crippen LogP contribution < -0.4 is 10.9 Å². The summed E-state index contributed by atoms with van der Waals surface area (Å²) in [5.41, 5.74) is 0.359. The summed E-state index contributed by atoms with van der Waals surface area (Å²) in [5, 5.41) is 6.80. The molecule has 2 heterocycles. The zero-order valence-corrected chi connectivity index (χ0v) is 13.0. The molecule has 120 valence electrons. The highest BCUT2D eigenvalue weighted by atomic mass is 16.5. The predicted octanol–water partition coefficient (Wildman–Crippen LogP) is 0.544. The molecule has 0 saturated heterocycles. The number of fused-ring (bicyclic) bond motifs is 1. The molecule has 0 unspecified atom stereocenters. The second-order valence-electron chi connectivity index (χ2n) is 4.90. The minimum atomic E-state index is -0.314. The number of amides is 1. The van der Waals surface area contributed by atoms with Crippen molar-refractivity contribution in [3.63, 3.8) is 0 Å². The highest BCUT2D eigenvalue weighted by Gasteiger charge is 2.16. The summed E-state index contributed by atoms with van der Waals surface area (Å²) >= 11 is 0. The summed E-state index contributed by atoms with van der Waals surface area (Å²) in [6.45, 7) is 6.93. The summed E-state index contributed by atoms with van der Waals surface area (Å²) in [6.07, 6.45) is 0.732. The number of nitrogens with zero attached hydrogens (tertiary/aromatic N) is 3. The number of carbonyl (C=O) groups is 1. The summed E-state index contributed by atoms with van der Waals surface area (Å²) in [4.78, 5) is 28.5. The summed E-state index contributed by atoms with van der Waals surface area (Å²) < 4.78 is 11.5. The maximum atomic E-state index is 12.4. The number of rotatable bonds is 7. The average Bonchev–Trinajstić information content (AvgIpc) is 2.84. The van der Waals surface area contributed by atoms with Gasteiger partial charge in [-0.3, -0.25) is 14.2 Å². The number of nitrogens with one attached hydrogen (secondary N) is 1. The van der Waals surface area contributed by atoms with Crippen LogP contribution in [0.15, 0.2) is 9.32 Å². The quantitative estimate of drug-likeness (QED) is 0.750. The highest BCUT2D eigenvalue weighted by molar-refractivity contribution is 5.77. The molecule has 0 atom stereocenters. The molecule has 0 radical (unpaired) electrons. The van der Waals surface area contributed by atoms with E-state index >= 15 is 0 Å². The Kier molecular flexibility index (Phi) is 5.26. The van der Waals surface area contributed by atoms with Crippen molar-refractivity contribution in [3.8, 4) is 0 Å². The molecule has 2 aromatic heterocycles. The van der Waals surface area contributed by atoms with Crippen LogP contribution in [0.5, 0.6) is 0 Å². The Labute approximate surface area is 127 Å². The molecule has 1 amide bonds. The number of hydrogen-bond donors (Lipinski definition) is 1. The molecule has 0 aliphatic rings. The van der Waals surface area contributed by atoms with Crippen LogP contribution in [0.1, 0.15) is 24.9 Å². The van der Waals surface area contributed by atoms with E-state index < -0.39 is 0 Å². The van der Waals surface area contributed by atoms with Crippen molar-refractivity contribution in [1.82, 2.24) is 20.0 Å². The molecule has 0 saturated carbocycles. The summed E-state index contributed by atoms with van der Waals surface area (Å²) in [6, 6.07) is 0. The Bertz CT molecular complexity index is 719. The van der Waals surface area contributed by atoms with Crippen molar-refractivity contribution >= 4 is 17.0 Å². The number of hydrogen-bond acceptors (Lipinski definition) is 6. The maximum Gasteiger partial charge on any atom is 0.267 e. The fraction of sp³-hybridized carbons (Fsp3) is 0.571. The van der Waals surface area contributed by atoms with Crippen molar-refractivity contribution in [2.75, 3.05) is 19.8 Å². The summed E-state index contributed by atoms with van der Waals surface area (Å²) in [5.74, 6) is 0.176. The molecule has 0 spiro atoms. The molecule has 8 nitrogen and oxygen atoms in total. The second kappa shape index (κ2) is 7.17. The SMILES string of the molecule is CCOCCCNC(=O)Cn1c(C)nc2onc(C)c2c1=O. The molecule has 2 aromatic rings. The lowest BCUT2D eigenvalue weighted by molar-refractivity contribution is -0.121. The molecular formula is C14H20N4O4. The first-order valence-electron chi connectivity index (χ1n) is 7.22. The molecule has 2 rings (SSSR count). The largest absolute Gasteiger partial charge is 0.382 e. The van der Waals surface area contributed by atoms with E-state index in [2.05, 4.69) is 15.5 Å². The van der Waals surface area contributed by atoms with Gasteiger partial charge in [0.25, 0.3) is 11.3 Å². The van der Waals surface area contributed by atoms with E-state index in [1.807, 2.05) is 6.92 Å². The average molecular weight is 308 g/mol. The van der Waals surface area contributed by atoms with E-state index in [1.165, 1.54) is 4.57 Å². The van der Waals surface area contributed by atoms with Crippen LogP contribution in [-0.2, 0) is 16.1 Å². The molecular weight excluding hydrogens is 288 g/mol. The van der Waals surface area contributed by atoms with Gasteiger partial charge in [-0.15, -0.1) is 0 Å². The first-order valence-corrected chi connectivity index (χ1v) is 7.22. The molecule has 8 heteroatoms. The van der Waals surface area contributed by atoms with E-state index in [0.717, 1.165) is 6.42 Å². The zero-order chi connectivity index (χ0) is 16.1. The van der Waals surface area contributed by atoms with Gasteiger partial charge >= 0.3 is 0 Å². The Balaban J connectivity index is 2.06. The minimum absolute atomic E-state index is 0.0765. The first-order chi connectivity index (χ1) is 10.5. The van der Waals surface area contributed by atoms with Gasteiger partial charge in [0.05, 0.1) is 5.69 Å². The fourth-order valence-electron chi connectivity index (χ4n) is 2.10. The number of carbonyl (C=O) groups excluding carboxylic acids is 1. The Morgan fingerprint density at radius 3 is 2.91 bits per heavy atom. The second-order valence-corrected chi connectivity index (χ2v) is 4.90. The normalized spacial score (nSPS) is 11.0. The first kappa shape index (κ1) is 16.2. The topological polar surface area (TPSA) is 99.2 Å². The van der Waals surface area contributed by atoms with Crippen LogP contribution >= 0.6 is 0 Å². The Morgan fingerprint density at radius 2 is 2.18 bits per heavy atom. The van der Waals surface area contributed by atoms with Gasteiger partial charge in [-0.25, -0.2) is 0 Å². The van der Waals surface area contributed by atoms with Gasteiger partial charge in [-0.2, -0.15) is 4.98 Å². The zero-order valence-electron chi connectivity index (χ0n) is 13.0. The Hall–Kier alpha value is -2.22. The van der Waals surface area contributed by atoms with Gasteiger partial charge in [-0.1, -0.05) is 5.16 Å². The number of aromatic nitrogens is 3. The third-order valence-corrected chi connectivity index (χ3v) is 3.25. The van der Waals surface area contributed by atoms with Crippen LogP contribution in [0.3, 0.4) is 0 Å². The van der Waals surface area contributed by atoms with Crippen LogP contribution in [0.4, 0.5) is 0 Å². The van der Waals surface area contributed by atoms with Gasteiger partial charge in [0, 0.05) is 19.8 Å². The van der Waals surface area contributed by atoms with Crippen molar-refractivity contribution in [2.24, 2.45) is 0 Å². The monoisotopic (exact) mass is 308 g/mol. The van der Waals surface area contributed by atoms with Crippen molar-refractivity contribution < 1.29 is 14.1 Å². The van der Waals surface area contributed by atoms with Gasteiger partial charge in [-0.05, 0) is 27.2 Å². The highest BCUT2D eigenvalue weighted by Crippen LogP contribution is 2.11. The van der Waals surface area contributed by atoms with Gasteiger partial charge in [0.2, 0.25) is 5.91 Å². The van der Waals surface area contributed by atoms with Gasteiger partial charge in [0.1, 0.15) is 17.8 Å². The lowest BCUT2D eigenvalue weighted by Gasteiger charge is -2.09. The van der Waals surface area contributed by atoms with Crippen LogP contribution in [0.25, 0.3) is 11.1 Å². The standard InChI is InChI=1S/C14H20N4O4/c1-4-21-7-5-6-15-11(19)8-18-10(3)16-13-12(14(18)20)9(2)17-22-13/h4-8H2,1-3H3,(H,15,19). The van der Waals surface area contributed by atoms with E-state index in [9.17, 15) is 9.59 Å². The van der Waals surface area contributed by atoms with Crippen LogP contribution in [-0.4, -0.2) is 40.4 Å². The third-order valence-electron chi connectivity index (χ3n) is 3.25. The molecule has 0 aliphatic heterocycles. The number of ether oxygens (including phenoxy) is 1. The van der Waals surface area contributed by atoms with Crippen molar-refractivity contribution in [3.05, 3.63) is 21.9 Å². The lowest BCUT2D eigenvalue weighted by atomic mass is 10.3. The van der Waals surface area contributed by atoms with E-state index in [-0.39, 0.29) is 23.7 Å². The van der Waals surface area contributed by atoms with Crippen LogP contribution in [0.2, 0.25) is 0 Å². The summed E-state index contributed by atoms with van der Waals surface area (Å²) in [7, 11) is 0. The van der Waals surface area contributed by atoms with E-state index in [4.69, 9.17) is 9.26 Å². The Morgan fingerprint density at radius 1 is 1.41 bits per heavy atom. The van der Waals surface area contributed by atoms with E-state index in [0.29, 0.717) is 36.7 Å². The van der Waals surface area contributed by atoms with E-state index in [1.54, 1.807) is 13.8 Å². The lowest BCUT2D eigenvalue weighted by Crippen LogP contribution is -2.34. The van der Waals surface area contributed by atoms with Crippen LogP contribution in [0, 0.1) is 13.8 Å². The smallest absolute Gasteiger partial charge is 0.267 e. The predicted molar refractivity (Wildman–Crippen MR) is 79.7 cm³/mol. The molecule has 0 fully saturated rings. The van der Waals surface area contributed by atoms with Gasteiger partial charge < -0.3 is 14.6 Å². The fourth-order valence-corrected chi connectivity index (χ4v) is 2.10. The third kappa shape index (κ3) is 3.51. The molecule has 22 heavy (non-hydrogen) atoms. The number of aryl methyl sites for hydroxylation is 2. The van der Waals surface area contributed by atoms with Crippen molar-refractivity contribution in [2.45, 2.75) is 33.7 Å². The minimum Gasteiger partial charge on any atom is -0.382 e. The van der Waals surface area contributed by atoms with Crippen molar-refractivity contribution in [1.29, 1.82) is 0 Å².